The molecule has 2 aromatic heterocycles. The van der Waals surface area contributed by atoms with E-state index in [0.717, 1.165) is 11.3 Å². The van der Waals surface area contributed by atoms with Gasteiger partial charge in [0.1, 0.15) is 4.88 Å². The number of nitrogens with one attached hydrogen (secondary N) is 1. The van der Waals surface area contributed by atoms with Crippen LogP contribution in [0.4, 0.5) is 11.1 Å². The van der Waals surface area contributed by atoms with Gasteiger partial charge in [-0.2, -0.15) is 0 Å². The summed E-state index contributed by atoms with van der Waals surface area (Å²) in [6, 6.07) is 9.98. The van der Waals surface area contributed by atoms with E-state index in [0.29, 0.717) is 28.3 Å². The summed E-state index contributed by atoms with van der Waals surface area (Å²) in [5.41, 5.74) is 3.65. The minimum atomic E-state index is -0.361. The Bertz CT molecular complexity index is 890. The average Bonchev–Trinajstić information content (AvgIpc) is 2.96. The first-order chi connectivity index (χ1) is 12.1. The highest BCUT2D eigenvalue weighted by Crippen LogP contribution is 2.26. The summed E-state index contributed by atoms with van der Waals surface area (Å²) in [6.07, 6.45) is 1.69. The summed E-state index contributed by atoms with van der Waals surface area (Å²) in [5, 5.41) is 3.62. The van der Waals surface area contributed by atoms with Crippen LogP contribution in [0.3, 0.4) is 0 Å². The molecule has 1 aromatic carbocycles. The minimum Gasteiger partial charge on any atom is -0.462 e. The monoisotopic (exact) mass is 354 g/mol. The molecule has 0 atom stereocenters. The van der Waals surface area contributed by atoms with Gasteiger partial charge >= 0.3 is 5.97 Å². The van der Waals surface area contributed by atoms with E-state index in [1.807, 2.05) is 37.3 Å². The summed E-state index contributed by atoms with van der Waals surface area (Å²) in [6.45, 7) is 5.93. The molecular formula is C18H18N4O2S. The first-order valence-electron chi connectivity index (χ1n) is 7.88. The van der Waals surface area contributed by atoms with Gasteiger partial charge in [0.05, 0.1) is 18.0 Å². The Morgan fingerprint density at radius 3 is 2.64 bits per heavy atom. The molecule has 25 heavy (non-hydrogen) atoms. The maximum Gasteiger partial charge on any atom is 0.350 e. The fourth-order valence-corrected chi connectivity index (χ4v) is 3.09. The van der Waals surface area contributed by atoms with Gasteiger partial charge in [-0.3, -0.25) is 0 Å². The van der Waals surface area contributed by atoms with Crippen molar-refractivity contribution in [1.82, 2.24) is 15.0 Å². The van der Waals surface area contributed by atoms with Crippen LogP contribution in [-0.2, 0) is 4.74 Å². The summed E-state index contributed by atoms with van der Waals surface area (Å²) in [7, 11) is 0. The molecule has 3 aromatic rings. The van der Waals surface area contributed by atoms with Gasteiger partial charge in [-0.25, -0.2) is 19.7 Å². The van der Waals surface area contributed by atoms with Crippen molar-refractivity contribution in [1.29, 1.82) is 0 Å². The smallest absolute Gasteiger partial charge is 0.350 e. The predicted octanol–water partition coefficient (Wildman–Crippen LogP) is 4.14. The number of rotatable bonds is 5. The molecule has 0 spiro atoms. The molecule has 0 radical (unpaired) electrons. The van der Waals surface area contributed by atoms with Gasteiger partial charge in [0.25, 0.3) is 0 Å². The highest BCUT2D eigenvalue weighted by molar-refractivity contribution is 7.17. The Labute approximate surface area is 149 Å². The van der Waals surface area contributed by atoms with Crippen LogP contribution in [0.1, 0.15) is 27.9 Å². The number of carbonyl (C=O) groups is 1. The third-order valence-corrected chi connectivity index (χ3v) is 4.53. The normalized spacial score (nSPS) is 10.5. The van der Waals surface area contributed by atoms with Gasteiger partial charge in [0.15, 0.2) is 5.13 Å². The number of benzene rings is 1. The van der Waals surface area contributed by atoms with Crippen LogP contribution in [0.15, 0.2) is 36.5 Å². The summed E-state index contributed by atoms with van der Waals surface area (Å²) in [4.78, 5) is 25.5. The summed E-state index contributed by atoms with van der Waals surface area (Å²) < 4.78 is 5.03. The van der Waals surface area contributed by atoms with Crippen LogP contribution >= 0.6 is 11.3 Å². The number of aromatic nitrogens is 3. The molecule has 3 rings (SSSR count). The van der Waals surface area contributed by atoms with Crippen molar-refractivity contribution in [2.75, 3.05) is 11.9 Å². The topological polar surface area (TPSA) is 77.0 Å². The van der Waals surface area contributed by atoms with Crippen molar-refractivity contribution < 1.29 is 9.53 Å². The maximum atomic E-state index is 11.9. The summed E-state index contributed by atoms with van der Waals surface area (Å²) >= 11 is 1.23. The van der Waals surface area contributed by atoms with Crippen molar-refractivity contribution in [3.63, 3.8) is 0 Å². The van der Waals surface area contributed by atoms with Crippen LogP contribution in [-0.4, -0.2) is 27.5 Å². The van der Waals surface area contributed by atoms with E-state index in [2.05, 4.69) is 20.3 Å². The second-order valence-electron chi connectivity index (χ2n) is 5.41. The second kappa shape index (κ2) is 7.40. The minimum absolute atomic E-state index is 0.334. The van der Waals surface area contributed by atoms with Crippen molar-refractivity contribution in [3.8, 4) is 11.3 Å². The molecule has 7 heteroatoms. The van der Waals surface area contributed by atoms with Crippen LogP contribution < -0.4 is 5.32 Å². The predicted molar refractivity (Wildman–Crippen MR) is 98.3 cm³/mol. The van der Waals surface area contributed by atoms with Gasteiger partial charge < -0.3 is 10.1 Å². The molecule has 0 aliphatic heterocycles. The van der Waals surface area contributed by atoms with Gasteiger partial charge in [0, 0.05) is 11.8 Å². The lowest BCUT2D eigenvalue weighted by Gasteiger charge is -2.04. The molecule has 0 unspecified atom stereocenters. The molecule has 0 aliphatic rings. The third kappa shape index (κ3) is 4.00. The highest BCUT2D eigenvalue weighted by Gasteiger charge is 2.17. The zero-order valence-electron chi connectivity index (χ0n) is 14.2. The van der Waals surface area contributed by atoms with E-state index in [-0.39, 0.29) is 5.97 Å². The fourth-order valence-electron chi connectivity index (χ4n) is 2.24. The molecule has 0 saturated carbocycles. The molecular weight excluding hydrogens is 336 g/mol. The molecule has 0 saturated heterocycles. The largest absolute Gasteiger partial charge is 0.462 e. The molecule has 0 fully saturated rings. The van der Waals surface area contributed by atoms with E-state index in [9.17, 15) is 4.79 Å². The second-order valence-corrected chi connectivity index (χ2v) is 6.41. The zero-order valence-corrected chi connectivity index (χ0v) is 15.1. The summed E-state index contributed by atoms with van der Waals surface area (Å²) in [5.74, 6) is 0.0714. The molecule has 0 bridgehead atoms. The first-order valence-corrected chi connectivity index (χ1v) is 8.70. The number of aryl methyl sites for hydroxylation is 2. The standard InChI is InChI=1S/C18H18N4O2S/c1-4-24-16(23)15-12(3)20-18(25-15)22-17-19-10-9-14(21-17)13-7-5-11(2)6-8-13/h5-10H,4H2,1-3H3,(H,19,20,21,22). The van der Waals surface area contributed by atoms with Crippen molar-refractivity contribution in [2.45, 2.75) is 20.8 Å². The SMILES string of the molecule is CCOC(=O)c1sc(Nc2nccc(-c3ccc(C)cc3)n2)nc1C. The number of hydrogen-bond acceptors (Lipinski definition) is 7. The van der Waals surface area contributed by atoms with Crippen LogP contribution in [0.5, 0.6) is 0 Å². The number of nitrogens with zero attached hydrogens (tertiary/aromatic N) is 3. The average molecular weight is 354 g/mol. The zero-order chi connectivity index (χ0) is 17.8. The van der Waals surface area contributed by atoms with Gasteiger partial charge in [0.2, 0.25) is 5.95 Å². The van der Waals surface area contributed by atoms with E-state index in [4.69, 9.17) is 4.74 Å². The maximum absolute atomic E-state index is 11.9. The Hall–Kier alpha value is -2.80. The van der Waals surface area contributed by atoms with E-state index < -0.39 is 0 Å². The number of hydrogen-bond donors (Lipinski definition) is 1. The Kier molecular flexibility index (Phi) is 5.04. The molecule has 6 nitrogen and oxygen atoms in total. The van der Waals surface area contributed by atoms with Crippen LogP contribution in [0.25, 0.3) is 11.3 Å². The number of ether oxygens (including phenoxy) is 1. The van der Waals surface area contributed by atoms with Gasteiger partial charge in [-0.15, -0.1) is 0 Å². The Balaban J connectivity index is 1.82. The molecule has 128 valence electrons. The number of thiazole rings is 1. The fraction of sp³-hybridized carbons (Fsp3) is 0.222. The lowest BCUT2D eigenvalue weighted by Crippen LogP contribution is -2.03. The van der Waals surface area contributed by atoms with E-state index >= 15 is 0 Å². The van der Waals surface area contributed by atoms with Crippen molar-refractivity contribution in [2.24, 2.45) is 0 Å². The van der Waals surface area contributed by atoms with Crippen LogP contribution in [0, 0.1) is 13.8 Å². The lowest BCUT2D eigenvalue weighted by atomic mass is 10.1. The number of carbonyl (C=O) groups excluding carboxylic acids is 1. The molecule has 2 heterocycles. The number of anilines is 2. The molecule has 0 aliphatic carbocycles. The molecule has 1 N–H and O–H groups in total. The van der Waals surface area contributed by atoms with Crippen molar-refractivity contribution >= 4 is 28.4 Å². The highest BCUT2D eigenvalue weighted by atomic mass is 32.1. The van der Waals surface area contributed by atoms with E-state index in [1.54, 1.807) is 20.0 Å². The Morgan fingerprint density at radius 2 is 1.92 bits per heavy atom. The first kappa shape index (κ1) is 17.0. The Morgan fingerprint density at radius 1 is 1.16 bits per heavy atom. The quantitative estimate of drug-likeness (QED) is 0.694. The number of esters is 1. The van der Waals surface area contributed by atoms with E-state index in [1.165, 1.54) is 16.9 Å². The molecule has 0 amide bonds. The third-order valence-electron chi connectivity index (χ3n) is 3.48. The van der Waals surface area contributed by atoms with Gasteiger partial charge in [-0.05, 0) is 26.8 Å². The lowest BCUT2D eigenvalue weighted by molar-refractivity contribution is 0.0531. The van der Waals surface area contributed by atoms with Crippen molar-refractivity contribution in [3.05, 3.63) is 52.7 Å². The van der Waals surface area contributed by atoms with Gasteiger partial charge in [-0.1, -0.05) is 41.2 Å². The van der Waals surface area contributed by atoms with Crippen LogP contribution in [0.2, 0.25) is 0 Å².